The molecular weight excluding hydrogens is 475 g/mol. The molecule has 0 spiro atoms. The summed E-state index contributed by atoms with van der Waals surface area (Å²) in [6, 6.07) is 25.0. The summed E-state index contributed by atoms with van der Waals surface area (Å²) in [4.78, 5) is 13.4. The maximum atomic E-state index is 6.37. The Bertz CT molecular complexity index is 1240. The highest BCUT2D eigenvalue weighted by Crippen LogP contribution is 2.32. The molecule has 5 rings (SSSR count). The number of nitrogens with zero attached hydrogens (tertiary/aromatic N) is 3. The van der Waals surface area contributed by atoms with E-state index in [1.54, 1.807) is 0 Å². The zero-order chi connectivity index (χ0) is 24.4. The van der Waals surface area contributed by atoms with Crippen molar-refractivity contribution in [3.05, 3.63) is 111 Å². The number of hydrogen-bond acceptors (Lipinski definition) is 3. The van der Waals surface area contributed by atoms with Crippen molar-refractivity contribution in [3.8, 4) is 11.4 Å². The zero-order valence-electron chi connectivity index (χ0n) is 20.1. The topological polar surface area (TPSA) is 35.2 Å². The summed E-state index contributed by atoms with van der Waals surface area (Å²) in [6.07, 6.45) is 0. The van der Waals surface area contributed by atoms with Crippen LogP contribution in [-0.2, 0) is 6.54 Å². The summed E-state index contributed by atoms with van der Waals surface area (Å²) in [6.45, 7) is 8.93. The van der Waals surface area contributed by atoms with Crippen LogP contribution in [0.5, 0.6) is 0 Å². The van der Waals surface area contributed by atoms with Crippen molar-refractivity contribution in [2.45, 2.75) is 26.4 Å². The smallest absolute Gasteiger partial charge is 0.137 e. The summed E-state index contributed by atoms with van der Waals surface area (Å²) in [5.74, 6) is 0.943. The number of rotatable bonds is 6. The van der Waals surface area contributed by atoms with Crippen LogP contribution in [0.25, 0.3) is 11.4 Å². The maximum Gasteiger partial charge on any atom is 0.137 e. The Hall–Kier alpha value is -2.63. The van der Waals surface area contributed by atoms with E-state index in [4.69, 9.17) is 28.2 Å². The number of benzene rings is 3. The van der Waals surface area contributed by atoms with Gasteiger partial charge >= 0.3 is 0 Å². The van der Waals surface area contributed by atoms with E-state index in [9.17, 15) is 0 Å². The first kappa shape index (κ1) is 24.1. The van der Waals surface area contributed by atoms with Crippen LogP contribution in [0.2, 0.25) is 10.0 Å². The lowest BCUT2D eigenvalue weighted by Gasteiger charge is -2.39. The monoisotopic (exact) mass is 504 g/mol. The van der Waals surface area contributed by atoms with Crippen molar-refractivity contribution in [2.24, 2.45) is 0 Å². The van der Waals surface area contributed by atoms with Crippen LogP contribution in [-0.4, -0.2) is 45.9 Å². The highest BCUT2D eigenvalue weighted by Gasteiger charge is 2.27. The first-order valence-corrected chi connectivity index (χ1v) is 12.8. The van der Waals surface area contributed by atoms with E-state index in [0.717, 1.165) is 65.5 Å². The van der Waals surface area contributed by atoms with E-state index in [2.05, 4.69) is 77.2 Å². The third kappa shape index (κ3) is 5.62. The molecule has 1 saturated heterocycles. The molecule has 1 N–H and O–H groups in total. The molecule has 35 heavy (non-hydrogen) atoms. The zero-order valence-corrected chi connectivity index (χ0v) is 21.7. The number of imidazole rings is 1. The standard InChI is InChI=1S/C29H30Cl2N4/c1-20-9-11-22(12-10-20)29-32-21(2)27(33-29)19-34-13-15-35(16-14-34)28(23-5-3-7-25(30)17-23)24-6-4-8-26(31)18-24/h3-12,17-18,28H,13-16,19H2,1-2H3,(H,32,33). The fraction of sp³-hybridized carbons (Fsp3) is 0.276. The molecule has 1 aromatic heterocycles. The number of hydrogen-bond donors (Lipinski definition) is 1. The fourth-order valence-corrected chi connectivity index (χ4v) is 5.25. The number of halogens is 2. The number of aromatic nitrogens is 2. The minimum absolute atomic E-state index is 0.120. The van der Waals surface area contributed by atoms with Crippen molar-refractivity contribution in [1.82, 2.24) is 19.8 Å². The number of piperazine rings is 1. The van der Waals surface area contributed by atoms with Crippen LogP contribution in [0.3, 0.4) is 0 Å². The van der Waals surface area contributed by atoms with Crippen molar-refractivity contribution in [3.63, 3.8) is 0 Å². The summed E-state index contributed by atoms with van der Waals surface area (Å²) >= 11 is 12.7. The van der Waals surface area contributed by atoms with Crippen LogP contribution in [0, 0.1) is 13.8 Å². The van der Waals surface area contributed by atoms with Gasteiger partial charge in [0.15, 0.2) is 0 Å². The van der Waals surface area contributed by atoms with E-state index in [0.29, 0.717) is 0 Å². The Kier molecular flexibility index (Phi) is 7.26. The van der Waals surface area contributed by atoms with Gasteiger partial charge in [0.2, 0.25) is 0 Å². The molecule has 180 valence electrons. The van der Waals surface area contributed by atoms with Crippen LogP contribution >= 0.6 is 23.2 Å². The quantitative estimate of drug-likeness (QED) is 0.309. The van der Waals surface area contributed by atoms with Crippen LogP contribution in [0.1, 0.15) is 34.1 Å². The summed E-state index contributed by atoms with van der Waals surface area (Å²) in [7, 11) is 0. The highest BCUT2D eigenvalue weighted by molar-refractivity contribution is 6.31. The van der Waals surface area contributed by atoms with E-state index in [-0.39, 0.29) is 6.04 Å². The molecule has 0 unspecified atom stereocenters. The largest absolute Gasteiger partial charge is 0.342 e. The van der Waals surface area contributed by atoms with Crippen molar-refractivity contribution in [1.29, 1.82) is 0 Å². The molecule has 0 atom stereocenters. The molecule has 6 heteroatoms. The Morgan fingerprint density at radius 3 is 2.00 bits per heavy atom. The van der Waals surface area contributed by atoms with Gasteiger partial charge in [-0.25, -0.2) is 4.98 Å². The van der Waals surface area contributed by atoms with Crippen molar-refractivity contribution in [2.75, 3.05) is 26.2 Å². The Morgan fingerprint density at radius 2 is 1.43 bits per heavy atom. The van der Waals surface area contributed by atoms with Gasteiger partial charge in [0.25, 0.3) is 0 Å². The normalized spacial score (nSPS) is 15.1. The molecule has 0 amide bonds. The number of aromatic amines is 1. The van der Waals surface area contributed by atoms with Gasteiger partial charge in [-0.05, 0) is 49.2 Å². The molecule has 0 bridgehead atoms. The first-order valence-electron chi connectivity index (χ1n) is 12.1. The van der Waals surface area contributed by atoms with E-state index in [1.165, 1.54) is 16.7 Å². The van der Waals surface area contributed by atoms with Gasteiger partial charge in [0.05, 0.1) is 11.7 Å². The number of nitrogens with one attached hydrogen (secondary N) is 1. The molecule has 3 aromatic carbocycles. The van der Waals surface area contributed by atoms with Gasteiger partial charge in [-0.3, -0.25) is 9.80 Å². The summed E-state index contributed by atoms with van der Waals surface area (Å²) < 4.78 is 0. The van der Waals surface area contributed by atoms with E-state index >= 15 is 0 Å². The molecule has 1 fully saturated rings. The average Bonchev–Trinajstić information content (AvgIpc) is 3.21. The van der Waals surface area contributed by atoms with Gasteiger partial charge in [-0.2, -0.15) is 0 Å². The van der Waals surface area contributed by atoms with Gasteiger partial charge in [-0.15, -0.1) is 0 Å². The Labute approximate surface area is 217 Å². The predicted octanol–water partition coefficient (Wildman–Crippen LogP) is 6.91. The van der Waals surface area contributed by atoms with Gasteiger partial charge in [0, 0.05) is 54.0 Å². The minimum atomic E-state index is 0.120. The second-order valence-corrected chi connectivity index (χ2v) is 10.2. The second-order valence-electron chi connectivity index (χ2n) is 9.35. The molecule has 1 aliphatic rings. The fourth-order valence-electron chi connectivity index (χ4n) is 4.86. The molecule has 1 aliphatic heterocycles. The van der Waals surface area contributed by atoms with Gasteiger partial charge in [-0.1, -0.05) is 77.3 Å². The number of H-pyrrole nitrogens is 1. The van der Waals surface area contributed by atoms with Crippen LogP contribution in [0.4, 0.5) is 0 Å². The maximum absolute atomic E-state index is 6.37. The lowest BCUT2D eigenvalue weighted by molar-refractivity contribution is 0.104. The van der Waals surface area contributed by atoms with E-state index in [1.807, 2.05) is 24.3 Å². The van der Waals surface area contributed by atoms with Crippen molar-refractivity contribution >= 4 is 23.2 Å². The average molecular weight is 505 g/mol. The Morgan fingerprint density at radius 1 is 0.829 bits per heavy atom. The molecule has 2 heterocycles. The molecule has 4 aromatic rings. The minimum Gasteiger partial charge on any atom is -0.342 e. The summed E-state index contributed by atoms with van der Waals surface area (Å²) in [5.41, 5.74) is 7.02. The van der Waals surface area contributed by atoms with Gasteiger partial charge < -0.3 is 4.98 Å². The molecule has 0 saturated carbocycles. The number of aryl methyl sites for hydroxylation is 2. The van der Waals surface area contributed by atoms with Crippen molar-refractivity contribution < 1.29 is 0 Å². The van der Waals surface area contributed by atoms with Crippen LogP contribution < -0.4 is 0 Å². The third-order valence-corrected chi connectivity index (χ3v) is 7.25. The van der Waals surface area contributed by atoms with Crippen LogP contribution in [0.15, 0.2) is 72.8 Å². The highest BCUT2D eigenvalue weighted by atomic mass is 35.5. The lowest BCUT2D eigenvalue weighted by atomic mass is 9.96. The predicted molar refractivity (Wildman–Crippen MR) is 145 cm³/mol. The second kappa shape index (κ2) is 10.5. The van der Waals surface area contributed by atoms with E-state index < -0.39 is 0 Å². The lowest BCUT2D eigenvalue weighted by Crippen LogP contribution is -2.47. The molecule has 0 radical (unpaired) electrons. The first-order chi connectivity index (χ1) is 17.0. The molecule has 4 nitrogen and oxygen atoms in total. The summed E-state index contributed by atoms with van der Waals surface area (Å²) in [5, 5.41) is 1.51. The third-order valence-electron chi connectivity index (χ3n) is 6.78. The SMILES string of the molecule is Cc1ccc(-c2nc(CN3CCN(C(c4cccc(Cl)c4)c4cccc(Cl)c4)CC3)c(C)[nH]2)cc1. The Balaban J connectivity index is 1.30. The molecular formula is C29H30Cl2N4. The van der Waals surface area contributed by atoms with Gasteiger partial charge in [0.1, 0.15) is 5.82 Å². The molecule has 0 aliphatic carbocycles.